The molecular weight excluding hydrogens is 473 g/mol. The molecule has 2 aliphatic rings. The fourth-order valence-corrected chi connectivity index (χ4v) is 5.16. The number of pyridine rings is 1. The van der Waals surface area contributed by atoms with Crippen molar-refractivity contribution in [2.24, 2.45) is 5.92 Å². The van der Waals surface area contributed by atoms with E-state index in [1.807, 2.05) is 60.7 Å². The summed E-state index contributed by atoms with van der Waals surface area (Å²) in [7, 11) is 0. The highest BCUT2D eigenvalue weighted by atomic mass is 35.5. The first-order chi connectivity index (χ1) is 16.5. The predicted octanol–water partition coefficient (Wildman–Crippen LogP) is 5.59. The summed E-state index contributed by atoms with van der Waals surface area (Å²) in [6, 6.07) is 24.9. The van der Waals surface area contributed by atoms with Gasteiger partial charge in [-0.1, -0.05) is 65.7 Å². The SMILES string of the molecule is O=C1[C@H]2[C@@H](c3cc4ccccc4nc3Cl)N(c3ccccc3)O[C@H]2C(=O)N1c1cccc(Cl)c1. The van der Waals surface area contributed by atoms with E-state index in [2.05, 4.69) is 4.98 Å². The second kappa shape index (κ2) is 8.09. The number of hydrogen-bond acceptors (Lipinski definition) is 5. The minimum atomic E-state index is -1.00. The number of aromatic nitrogens is 1. The smallest absolute Gasteiger partial charge is 0.266 e. The number of carbonyl (C=O) groups is 2. The van der Waals surface area contributed by atoms with Gasteiger partial charge < -0.3 is 0 Å². The van der Waals surface area contributed by atoms with Gasteiger partial charge in [0.15, 0.2) is 6.10 Å². The van der Waals surface area contributed by atoms with Gasteiger partial charge >= 0.3 is 0 Å². The fraction of sp³-hybridized carbons (Fsp3) is 0.115. The van der Waals surface area contributed by atoms with Crippen molar-refractivity contribution in [1.82, 2.24) is 4.98 Å². The lowest BCUT2D eigenvalue weighted by atomic mass is 9.90. The Balaban J connectivity index is 1.50. The zero-order valence-electron chi connectivity index (χ0n) is 17.6. The van der Waals surface area contributed by atoms with Crippen LogP contribution >= 0.6 is 23.2 Å². The minimum absolute atomic E-state index is 0.260. The average molecular weight is 490 g/mol. The van der Waals surface area contributed by atoms with Crippen LogP contribution in [0.15, 0.2) is 84.9 Å². The number of imide groups is 1. The summed E-state index contributed by atoms with van der Waals surface area (Å²) in [4.78, 5) is 39.0. The molecule has 0 bridgehead atoms. The molecule has 3 aromatic carbocycles. The van der Waals surface area contributed by atoms with E-state index in [1.165, 1.54) is 0 Å². The number of para-hydroxylation sites is 2. The van der Waals surface area contributed by atoms with Crippen molar-refractivity contribution in [3.8, 4) is 0 Å². The molecule has 2 amide bonds. The molecule has 0 aliphatic carbocycles. The molecule has 2 fully saturated rings. The topological polar surface area (TPSA) is 62.7 Å². The van der Waals surface area contributed by atoms with Crippen LogP contribution in [0, 0.1) is 5.92 Å². The van der Waals surface area contributed by atoms with Crippen molar-refractivity contribution >= 4 is 57.3 Å². The van der Waals surface area contributed by atoms with E-state index in [0.717, 1.165) is 15.8 Å². The van der Waals surface area contributed by atoms with Crippen molar-refractivity contribution in [3.63, 3.8) is 0 Å². The number of carbonyl (C=O) groups excluding carboxylic acids is 2. The second-order valence-electron chi connectivity index (χ2n) is 8.21. The van der Waals surface area contributed by atoms with Crippen LogP contribution in [0.2, 0.25) is 10.2 Å². The van der Waals surface area contributed by atoms with Gasteiger partial charge in [-0.25, -0.2) is 14.9 Å². The van der Waals surface area contributed by atoms with Crippen LogP contribution in [0.1, 0.15) is 11.6 Å². The van der Waals surface area contributed by atoms with Gasteiger partial charge in [0.25, 0.3) is 5.91 Å². The zero-order valence-corrected chi connectivity index (χ0v) is 19.1. The van der Waals surface area contributed by atoms with Crippen LogP contribution < -0.4 is 9.96 Å². The molecule has 3 heterocycles. The lowest BCUT2D eigenvalue weighted by Crippen LogP contribution is -2.37. The van der Waals surface area contributed by atoms with Gasteiger partial charge in [-0.05, 0) is 42.5 Å². The fourth-order valence-electron chi connectivity index (χ4n) is 4.72. The molecule has 6 nitrogen and oxygen atoms in total. The highest BCUT2D eigenvalue weighted by Crippen LogP contribution is 2.49. The largest absolute Gasteiger partial charge is 0.273 e. The summed E-state index contributed by atoms with van der Waals surface area (Å²) < 4.78 is 0. The first-order valence-electron chi connectivity index (χ1n) is 10.7. The number of anilines is 2. The number of fused-ring (bicyclic) bond motifs is 2. The summed E-state index contributed by atoms with van der Waals surface area (Å²) in [6.07, 6.45) is -1.00. The molecule has 34 heavy (non-hydrogen) atoms. The zero-order chi connectivity index (χ0) is 23.4. The Morgan fingerprint density at radius 2 is 1.53 bits per heavy atom. The van der Waals surface area contributed by atoms with Gasteiger partial charge in [-0.15, -0.1) is 0 Å². The Kier molecular flexibility index (Phi) is 5.03. The van der Waals surface area contributed by atoms with Crippen LogP contribution in [0.25, 0.3) is 10.9 Å². The number of hydrogen-bond donors (Lipinski definition) is 0. The normalized spacial score (nSPS) is 22.0. The molecule has 8 heteroatoms. The van der Waals surface area contributed by atoms with Gasteiger partial charge in [0, 0.05) is 16.0 Å². The molecule has 168 valence electrons. The molecule has 0 unspecified atom stereocenters. The lowest BCUT2D eigenvalue weighted by molar-refractivity contribution is -0.126. The standard InChI is InChI=1S/C26H17Cl2N3O3/c27-16-8-6-11-18(14-16)30-25(32)21-22(19-13-15-7-4-5-12-20(15)29-24(19)28)31(34-23(21)26(30)33)17-9-2-1-3-10-17/h1-14,21-23H/t21-,22+,23+/m0/s1. The molecule has 0 spiro atoms. The maximum atomic E-state index is 13.7. The minimum Gasteiger partial charge on any atom is -0.273 e. The monoisotopic (exact) mass is 489 g/mol. The second-order valence-corrected chi connectivity index (χ2v) is 9.01. The molecule has 0 saturated carbocycles. The van der Waals surface area contributed by atoms with Gasteiger partial charge in [-0.2, -0.15) is 0 Å². The van der Waals surface area contributed by atoms with E-state index in [9.17, 15) is 9.59 Å². The Hall–Kier alpha value is -3.45. The summed E-state index contributed by atoms with van der Waals surface area (Å²) >= 11 is 12.8. The summed E-state index contributed by atoms with van der Waals surface area (Å²) in [6.45, 7) is 0. The van der Waals surface area contributed by atoms with E-state index >= 15 is 0 Å². The molecule has 0 N–H and O–H groups in total. The Bertz CT molecular complexity index is 1450. The number of halogens is 2. The van der Waals surface area contributed by atoms with Crippen LogP contribution in [0.3, 0.4) is 0 Å². The van der Waals surface area contributed by atoms with Gasteiger partial charge in [0.2, 0.25) is 5.91 Å². The number of hydroxylamine groups is 1. The van der Waals surface area contributed by atoms with E-state index in [0.29, 0.717) is 22.0 Å². The van der Waals surface area contributed by atoms with Gasteiger partial charge in [0.1, 0.15) is 11.1 Å². The Morgan fingerprint density at radius 1 is 0.794 bits per heavy atom. The third kappa shape index (κ3) is 3.26. The number of amides is 2. The molecule has 2 saturated heterocycles. The number of benzene rings is 3. The molecule has 1 aromatic heterocycles. The molecule has 0 radical (unpaired) electrons. The average Bonchev–Trinajstić information content (AvgIpc) is 3.35. The number of rotatable bonds is 3. The van der Waals surface area contributed by atoms with Crippen LogP contribution in [0.5, 0.6) is 0 Å². The van der Waals surface area contributed by atoms with Gasteiger partial charge in [-0.3, -0.25) is 14.4 Å². The van der Waals surface area contributed by atoms with Crippen molar-refractivity contribution in [2.75, 3.05) is 9.96 Å². The quantitative estimate of drug-likeness (QED) is 0.277. The third-order valence-electron chi connectivity index (χ3n) is 6.22. The Labute approximate surface area is 205 Å². The van der Waals surface area contributed by atoms with Crippen molar-refractivity contribution < 1.29 is 14.4 Å². The highest BCUT2D eigenvalue weighted by Gasteiger charge is 2.60. The predicted molar refractivity (Wildman–Crippen MR) is 131 cm³/mol. The first kappa shape index (κ1) is 21.1. The van der Waals surface area contributed by atoms with Crippen molar-refractivity contribution in [3.05, 3.63) is 101 Å². The summed E-state index contributed by atoms with van der Waals surface area (Å²) in [5, 5.41) is 3.18. The molecule has 2 aliphatic heterocycles. The molecule has 6 rings (SSSR count). The molecular formula is C26H17Cl2N3O3. The Morgan fingerprint density at radius 3 is 2.32 bits per heavy atom. The first-order valence-corrected chi connectivity index (χ1v) is 11.5. The highest BCUT2D eigenvalue weighted by molar-refractivity contribution is 6.32. The maximum Gasteiger partial charge on any atom is 0.266 e. The van der Waals surface area contributed by atoms with E-state index in [-0.39, 0.29) is 11.1 Å². The lowest BCUT2D eigenvalue weighted by Gasteiger charge is -2.29. The van der Waals surface area contributed by atoms with Crippen molar-refractivity contribution in [1.29, 1.82) is 0 Å². The molecule has 3 atom stereocenters. The maximum absolute atomic E-state index is 13.7. The number of nitrogens with zero attached hydrogens (tertiary/aromatic N) is 3. The van der Waals surface area contributed by atoms with Crippen LogP contribution in [-0.2, 0) is 14.4 Å². The van der Waals surface area contributed by atoms with Crippen LogP contribution in [-0.4, -0.2) is 22.9 Å². The van der Waals surface area contributed by atoms with Crippen molar-refractivity contribution in [2.45, 2.75) is 12.1 Å². The van der Waals surface area contributed by atoms with Gasteiger partial charge in [0.05, 0.1) is 22.9 Å². The third-order valence-corrected chi connectivity index (χ3v) is 6.75. The van der Waals surface area contributed by atoms with E-state index in [4.69, 9.17) is 28.0 Å². The summed E-state index contributed by atoms with van der Waals surface area (Å²) in [5.74, 6) is -1.62. The summed E-state index contributed by atoms with van der Waals surface area (Å²) in [5.41, 5.74) is 2.48. The van der Waals surface area contributed by atoms with E-state index < -0.39 is 24.0 Å². The van der Waals surface area contributed by atoms with Crippen LogP contribution in [0.4, 0.5) is 11.4 Å². The van der Waals surface area contributed by atoms with E-state index in [1.54, 1.807) is 29.3 Å². The molecule has 4 aromatic rings.